The van der Waals surface area contributed by atoms with Gasteiger partial charge in [-0.3, -0.25) is 18.5 Å². The largest absolute Gasteiger partial charge is 0.388 e. The van der Waals surface area contributed by atoms with E-state index in [0.29, 0.717) is 0 Å². The number of H-pyrrole nitrogens is 1. The highest BCUT2D eigenvalue weighted by Crippen LogP contribution is 2.36. The first-order valence-corrected chi connectivity index (χ1v) is 10.6. The highest BCUT2D eigenvalue weighted by molar-refractivity contribution is 7.89. The van der Waals surface area contributed by atoms with Crippen molar-refractivity contribution in [2.24, 2.45) is 0 Å². The Morgan fingerprint density at radius 1 is 1.21 bits per heavy atom. The fraction of sp³-hybridized carbons (Fsp3) is 0.688. The third-order valence-corrected chi connectivity index (χ3v) is 5.82. The number of imidazole rings is 1. The molecule has 0 aliphatic carbocycles. The minimum atomic E-state index is -1.64. The summed E-state index contributed by atoms with van der Waals surface area (Å²) in [4.78, 5) is 22.4. The van der Waals surface area contributed by atoms with Crippen molar-refractivity contribution >= 4 is 29.4 Å². The molecule has 2 aliphatic heterocycles. The molecule has 0 radical (unpaired) electrons. The lowest BCUT2D eigenvalue weighted by molar-refractivity contribution is -0.434. The molecule has 0 saturated carbocycles. The van der Waals surface area contributed by atoms with Gasteiger partial charge in [0.25, 0.3) is 5.56 Å². The van der Waals surface area contributed by atoms with Gasteiger partial charge in [-0.05, 0) is 6.92 Å². The van der Waals surface area contributed by atoms with E-state index >= 15 is 0 Å². The lowest BCUT2D eigenvalue weighted by Gasteiger charge is -2.40. The van der Waals surface area contributed by atoms with E-state index in [2.05, 4.69) is 24.3 Å². The number of nitrogens with one attached hydrogen (secondary N) is 1. The number of aromatic nitrogens is 4. The molecular weight excluding hydrogens is 486 g/mol. The van der Waals surface area contributed by atoms with Crippen LogP contribution in [-0.4, -0.2) is 101 Å². The number of fused-ring (bicyclic) bond motifs is 1. The molecule has 0 bridgehead atoms. The van der Waals surface area contributed by atoms with Gasteiger partial charge in [-0.25, -0.2) is 10.2 Å². The van der Waals surface area contributed by atoms with Crippen LogP contribution in [0, 0.1) is 0 Å². The van der Waals surface area contributed by atoms with E-state index in [1.807, 2.05) is 0 Å². The second-order valence-electron chi connectivity index (χ2n) is 7.61. The first-order chi connectivity index (χ1) is 16.2. The van der Waals surface area contributed by atoms with Gasteiger partial charge in [-0.15, -0.1) is 4.33 Å². The van der Waals surface area contributed by atoms with Crippen molar-refractivity contribution in [2.45, 2.75) is 62.2 Å². The molecule has 2 saturated heterocycles. The van der Waals surface area contributed by atoms with E-state index in [1.165, 1.54) is 17.8 Å². The predicted octanol–water partition coefficient (Wildman–Crippen LogP) is -2.83. The molecule has 18 heteroatoms. The fourth-order valence-corrected chi connectivity index (χ4v) is 4.04. The van der Waals surface area contributed by atoms with Gasteiger partial charge in [-0.1, -0.05) is 5.04 Å². The third-order valence-electron chi connectivity index (χ3n) is 5.47. The van der Waals surface area contributed by atoms with Crippen molar-refractivity contribution in [1.82, 2.24) is 19.5 Å². The van der Waals surface area contributed by atoms with Crippen LogP contribution in [0.3, 0.4) is 0 Å². The number of anilines is 1. The van der Waals surface area contributed by atoms with Crippen LogP contribution >= 0.6 is 12.3 Å². The molecule has 4 rings (SSSR count). The van der Waals surface area contributed by atoms with Crippen molar-refractivity contribution < 1.29 is 53.4 Å². The topological polar surface area (TPSA) is 246 Å². The Morgan fingerprint density at radius 3 is 2.71 bits per heavy atom. The van der Waals surface area contributed by atoms with Gasteiger partial charge in [0.05, 0.1) is 19.0 Å². The molecule has 3 unspecified atom stereocenters. The first-order valence-electron chi connectivity index (χ1n) is 9.90. The summed E-state index contributed by atoms with van der Waals surface area (Å²) < 4.78 is 27.5. The molecule has 4 heterocycles. The Kier molecular flexibility index (Phi) is 7.66. The molecule has 2 aromatic heterocycles. The van der Waals surface area contributed by atoms with E-state index < -0.39 is 60.8 Å². The van der Waals surface area contributed by atoms with Crippen LogP contribution in [0.2, 0.25) is 0 Å². The minimum absolute atomic E-state index is 0.0260. The van der Waals surface area contributed by atoms with Gasteiger partial charge in [0.1, 0.15) is 36.6 Å². The van der Waals surface area contributed by atoms with Crippen molar-refractivity contribution in [3.05, 3.63) is 16.7 Å². The molecule has 2 fully saturated rings. The first kappa shape index (κ1) is 25.2. The molecule has 8 N–H and O–H groups in total. The smallest absolute Gasteiger partial charge is 0.280 e. The SMILES string of the molecule is CC1OC(O[C@@H]2C(O)[C@H](n3cnc4c(=O)[nH]c(N)nc43)O[C@@H]2COSOOO)[C@H](O)[C@@H](O)[C@@H]1O. The van der Waals surface area contributed by atoms with Crippen LogP contribution < -0.4 is 11.3 Å². The van der Waals surface area contributed by atoms with Gasteiger partial charge in [0.2, 0.25) is 5.95 Å². The summed E-state index contributed by atoms with van der Waals surface area (Å²) in [6.45, 7) is 1.17. The lowest BCUT2D eigenvalue weighted by Crippen LogP contribution is -2.59. The Balaban J connectivity index is 1.59. The summed E-state index contributed by atoms with van der Waals surface area (Å²) in [5.41, 5.74) is 4.99. The van der Waals surface area contributed by atoms with Gasteiger partial charge < -0.3 is 40.4 Å². The number of rotatable bonds is 8. The summed E-state index contributed by atoms with van der Waals surface area (Å²) in [6.07, 6.45) is -10.6. The predicted molar refractivity (Wildman–Crippen MR) is 108 cm³/mol. The highest BCUT2D eigenvalue weighted by Gasteiger charge is 2.51. The van der Waals surface area contributed by atoms with Crippen molar-refractivity contribution in [2.75, 3.05) is 12.3 Å². The van der Waals surface area contributed by atoms with E-state index in [-0.39, 0.29) is 36.0 Å². The molecule has 190 valence electrons. The van der Waals surface area contributed by atoms with E-state index in [0.717, 1.165) is 0 Å². The average molecular weight is 509 g/mol. The van der Waals surface area contributed by atoms with Gasteiger partial charge >= 0.3 is 0 Å². The van der Waals surface area contributed by atoms with Crippen LogP contribution in [0.5, 0.6) is 0 Å². The van der Waals surface area contributed by atoms with E-state index in [9.17, 15) is 25.2 Å². The normalized spacial score (nSPS) is 36.4. The number of hydrogen-bond donors (Lipinski definition) is 7. The Morgan fingerprint density at radius 2 is 1.97 bits per heavy atom. The minimum Gasteiger partial charge on any atom is -0.388 e. The summed E-state index contributed by atoms with van der Waals surface area (Å²) in [5, 5.41) is 52.9. The van der Waals surface area contributed by atoms with Gasteiger partial charge in [-0.2, -0.15) is 4.98 Å². The summed E-state index contributed by atoms with van der Waals surface area (Å²) in [7, 11) is 0. The summed E-state index contributed by atoms with van der Waals surface area (Å²) in [5.74, 6) is -0.183. The van der Waals surface area contributed by atoms with Crippen LogP contribution in [-0.2, 0) is 27.8 Å². The molecular formula is C16H23N5O12S. The molecule has 34 heavy (non-hydrogen) atoms. The quantitative estimate of drug-likeness (QED) is 0.0820. The molecule has 0 spiro atoms. The number of aliphatic hydroxyl groups excluding tert-OH is 4. The second kappa shape index (κ2) is 10.4. The van der Waals surface area contributed by atoms with Crippen molar-refractivity contribution in [1.29, 1.82) is 0 Å². The highest BCUT2D eigenvalue weighted by atomic mass is 32.2. The molecule has 2 aliphatic rings. The van der Waals surface area contributed by atoms with E-state index in [1.54, 1.807) is 0 Å². The maximum absolute atomic E-state index is 12.1. The van der Waals surface area contributed by atoms with Crippen LogP contribution in [0.4, 0.5) is 5.95 Å². The molecule has 9 atom stereocenters. The Labute approximate surface area is 194 Å². The number of ether oxygens (including phenoxy) is 3. The van der Waals surface area contributed by atoms with Gasteiger partial charge in [0.15, 0.2) is 36.0 Å². The standard InChI is InChI=1S/C16H23N5O12S/c1-4-7(22)8(23)9(24)15(29-4)31-11-5(2-28-34-33-32-27)30-14(10(11)25)21-3-18-6-12(21)19-16(17)20-13(6)26/h3-5,7-11,14-15,22-25,27H,2H2,1H3,(H3,17,19,20,26)/t4?,5-,7-,8+,9-,10?,11+,14-,15?/m1/s1. The summed E-state index contributed by atoms with van der Waals surface area (Å²) >= 11 is 0.260. The average Bonchev–Trinajstić information content (AvgIpc) is 3.35. The summed E-state index contributed by atoms with van der Waals surface area (Å²) in [6, 6.07) is 0. The number of aliphatic hydroxyl groups is 4. The second-order valence-corrected chi connectivity index (χ2v) is 8.12. The zero-order valence-corrected chi connectivity index (χ0v) is 18.2. The zero-order valence-electron chi connectivity index (χ0n) is 17.4. The Bertz CT molecular complexity index is 1040. The van der Waals surface area contributed by atoms with Crippen LogP contribution in [0.25, 0.3) is 11.2 Å². The number of aromatic amines is 1. The monoisotopic (exact) mass is 509 g/mol. The van der Waals surface area contributed by atoms with Crippen LogP contribution in [0.1, 0.15) is 13.2 Å². The maximum Gasteiger partial charge on any atom is 0.280 e. The zero-order chi connectivity index (χ0) is 24.6. The van der Waals surface area contributed by atoms with Crippen molar-refractivity contribution in [3.63, 3.8) is 0 Å². The lowest BCUT2D eigenvalue weighted by atomic mass is 10.00. The van der Waals surface area contributed by atoms with Crippen molar-refractivity contribution in [3.8, 4) is 0 Å². The molecule has 0 amide bonds. The number of nitrogen functional groups attached to an aromatic ring is 1. The number of nitrogens with two attached hydrogens (primary N) is 1. The molecule has 2 aromatic rings. The van der Waals surface area contributed by atoms with E-state index in [4.69, 9.17) is 29.4 Å². The molecule has 0 aromatic carbocycles. The third kappa shape index (κ3) is 4.76. The maximum atomic E-state index is 12.1. The number of nitrogens with zero attached hydrogens (tertiary/aromatic N) is 3. The van der Waals surface area contributed by atoms with Crippen LogP contribution in [0.15, 0.2) is 11.1 Å². The fourth-order valence-electron chi connectivity index (χ4n) is 3.79. The number of hydrogen-bond acceptors (Lipinski definition) is 16. The molecule has 17 nitrogen and oxygen atoms in total. The van der Waals surface area contributed by atoms with Gasteiger partial charge in [0, 0.05) is 0 Å². The Hall–Kier alpha value is -1.94.